The third-order valence-corrected chi connectivity index (χ3v) is 5.18. The number of nitrogens with zero attached hydrogens (tertiary/aromatic N) is 4. The van der Waals surface area contributed by atoms with Gasteiger partial charge in [-0.3, -0.25) is 9.58 Å². The van der Waals surface area contributed by atoms with E-state index in [9.17, 15) is 9.18 Å². The Balaban J connectivity index is 1.44. The number of halogens is 1. The van der Waals surface area contributed by atoms with Crippen molar-refractivity contribution in [2.45, 2.75) is 13.0 Å². The number of thiazole rings is 1. The van der Waals surface area contributed by atoms with Crippen molar-refractivity contribution in [3.05, 3.63) is 41.8 Å². The standard InChI is InChI=1S/C19H20FN5O3S/c1-27-7-2-5-24-11-13(10-21-24)22-18-23-17(12-29-18)15-4-3-14(9-16(15)20)25-6-8-28-19(25)26/h3-4,9-12H,2,5-8H2,1H3,(H,22,23). The van der Waals surface area contributed by atoms with Gasteiger partial charge in [0.25, 0.3) is 0 Å². The topological polar surface area (TPSA) is 81.5 Å². The second-order valence-electron chi connectivity index (χ2n) is 6.43. The second-order valence-corrected chi connectivity index (χ2v) is 7.29. The number of nitrogens with one attached hydrogen (secondary N) is 1. The third-order valence-electron chi connectivity index (χ3n) is 4.43. The number of carbonyl (C=O) groups is 1. The average molecular weight is 417 g/mol. The van der Waals surface area contributed by atoms with Crippen LogP contribution < -0.4 is 10.2 Å². The van der Waals surface area contributed by atoms with E-state index in [1.54, 1.807) is 30.8 Å². The Morgan fingerprint density at radius 3 is 3.07 bits per heavy atom. The largest absolute Gasteiger partial charge is 0.447 e. The van der Waals surface area contributed by atoms with E-state index >= 15 is 0 Å². The summed E-state index contributed by atoms with van der Waals surface area (Å²) in [7, 11) is 1.67. The maximum Gasteiger partial charge on any atom is 0.414 e. The molecule has 0 spiro atoms. The summed E-state index contributed by atoms with van der Waals surface area (Å²) < 4.78 is 26.4. The van der Waals surface area contributed by atoms with Gasteiger partial charge in [-0.1, -0.05) is 0 Å². The lowest BCUT2D eigenvalue weighted by molar-refractivity contribution is 0.181. The van der Waals surface area contributed by atoms with Gasteiger partial charge in [0.1, 0.15) is 12.4 Å². The van der Waals surface area contributed by atoms with Crippen molar-refractivity contribution in [2.75, 3.05) is 37.1 Å². The summed E-state index contributed by atoms with van der Waals surface area (Å²) in [6, 6.07) is 4.66. The van der Waals surface area contributed by atoms with Crippen LogP contribution in [0, 0.1) is 5.82 Å². The minimum Gasteiger partial charge on any atom is -0.447 e. The normalized spacial score (nSPS) is 13.7. The van der Waals surface area contributed by atoms with Gasteiger partial charge in [0.2, 0.25) is 0 Å². The van der Waals surface area contributed by atoms with Gasteiger partial charge in [-0.15, -0.1) is 11.3 Å². The second kappa shape index (κ2) is 8.58. The van der Waals surface area contributed by atoms with Crippen LogP contribution in [0.4, 0.5) is 25.7 Å². The molecule has 1 aliphatic rings. The summed E-state index contributed by atoms with van der Waals surface area (Å²) in [6.45, 7) is 2.18. The lowest BCUT2D eigenvalue weighted by atomic mass is 10.1. The molecule has 1 N–H and O–H groups in total. The summed E-state index contributed by atoms with van der Waals surface area (Å²) in [5, 5.41) is 9.90. The molecule has 152 valence electrons. The van der Waals surface area contributed by atoms with Crippen LogP contribution in [-0.2, 0) is 16.0 Å². The number of ether oxygens (including phenoxy) is 2. The molecular weight excluding hydrogens is 397 g/mol. The summed E-state index contributed by atoms with van der Waals surface area (Å²) in [6.07, 6.45) is 4.03. The van der Waals surface area contributed by atoms with Crippen LogP contribution in [0.3, 0.4) is 0 Å². The molecule has 10 heteroatoms. The molecule has 4 rings (SSSR count). The van der Waals surface area contributed by atoms with Gasteiger partial charge in [-0.2, -0.15) is 5.10 Å². The Kier molecular flexibility index (Phi) is 5.72. The van der Waals surface area contributed by atoms with Crippen molar-refractivity contribution in [1.82, 2.24) is 14.8 Å². The van der Waals surface area contributed by atoms with Crippen LogP contribution in [0.1, 0.15) is 6.42 Å². The van der Waals surface area contributed by atoms with Gasteiger partial charge in [0.05, 0.1) is 29.8 Å². The van der Waals surface area contributed by atoms with Crippen LogP contribution in [0.15, 0.2) is 36.0 Å². The Bertz CT molecular complexity index is 1010. The predicted molar refractivity (Wildman–Crippen MR) is 108 cm³/mol. The fourth-order valence-corrected chi connectivity index (χ4v) is 3.74. The molecule has 0 radical (unpaired) electrons. The monoisotopic (exact) mass is 417 g/mol. The molecule has 1 aliphatic heterocycles. The molecule has 1 saturated heterocycles. The van der Waals surface area contributed by atoms with E-state index in [2.05, 4.69) is 15.4 Å². The van der Waals surface area contributed by atoms with E-state index < -0.39 is 11.9 Å². The zero-order valence-corrected chi connectivity index (χ0v) is 16.6. The Hall–Kier alpha value is -2.98. The molecule has 0 atom stereocenters. The van der Waals surface area contributed by atoms with Gasteiger partial charge in [-0.05, 0) is 24.6 Å². The Labute approximate surface area is 170 Å². The molecule has 0 unspecified atom stereocenters. The summed E-state index contributed by atoms with van der Waals surface area (Å²) in [5.74, 6) is -0.440. The van der Waals surface area contributed by atoms with Crippen molar-refractivity contribution in [1.29, 1.82) is 0 Å². The molecule has 2 aromatic heterocycles. The van der Waals surface area contributed by atoms with Crippen molar-refractivity contribution in [2.24, 2.45) is 0 Å². The van der Waals surface area contributed by atoms with Gasteiger partial charge in [0, 0.05) is 37.4 Å². The molecule has 8 nitrogen and oxygen atoms in total. The smallest absolute Gasteiger partial charge is 0.414 e. The predicted octanol–water partition coefficient (Wildman–Crippen LogP) is 3.88. The molecule has 3 aromatic rings. The van der Waals surface area contributed by atoms with Crippen molar-refractivity contribution in [3.8, 4) is 11.3 Å². The molecule has 29 heavy (non-hydrogen) atoms. The van der Waals surface area contributed by atoms with Gasteiger partial charge < -0.3 is 14.8 Å². The molecule has 0 saturated carbocycles. The third kappa shape index (κ3) is 4.38. The lowest BCUT2D eigenvalue weighted by Crippen LogP contribution is -2.23. The van der Waals surface area contributed by atoms with Crippen LogP contribution in [0.2, 0.25) is 0 Å². The number of amides is 1. The van der Waals surface area contributed by atoms with Crippen molar-refractivity contribution >= 4 is 33.9 Å². The highest BCUT2D eigenvalue weighted by Gasteiger charge is 2.24. The minimum absolute atomic E-state index is 0.312. The Morgan fingerprint density at radius 2 is 2.31 bits per heavy atom. The molecule has 3 heterocycles. The average Bonchev–Trinajstić information content (AvgIpc) is 3.44. The number of methoxy groups -OCH3 is 1. The van der Waals surface area contributed by atoms with E-state index in [0.29, 0.717) is 41.8 Å². The van der Waals surface area contributed by atoms with Crippen molar-refractivity contribution < 1.29 is 18.7 Å². The number of anilines is 3. The molecular formula is C19H20FN5O3S. The van der Waals surface area contributed by atoms with Crippen molar-refractivity contribution in [3.63, 3.8) is 0 Å². The fourth-order valence-electron chi connectivity index (χ4n) is 3.01. The quantitative estimate of drug-likeness (QED) is 0.560. The molecule has 0 bridgehead atoms. The number of cyclic esters (lactones) is 1. The van der Waals surface area contributed by atoms with Crippen LogP contribution in [0.25, 0.3) is 11.3 Å². The minimum atomic E-state index is -0.458. The first-order valence-corrected chi connectivity index (χ1v) is 10.00. The van der Waals surface area contributed by atoms with E-state index in [1.165, 1.54) is 22.3 Å². The highest BCUT2D eigenvalue weighted by atomic mass is 32.1. The summed E-state index contributed by atoms with van der Waals surface area (Å²) in [4.78, 5) is 17.5. The molecule has 1 aromatic carbocycles. The van der Waals surface area contributed by atoms with E-state index in [-0.39, 0.29) is 0 Å². The zero-order chi connectivity index (χ0) is 20.2. The number of hydrogen-bond donors (Lipinski definition) is 1. The first kappa shape index (κ1) is 19.3. The number of benzene rings is 1. The molecule has 1 fully saturated rings. The lowest BCUT2D eigenvalue weighted by Gasteiger charge is -2.13. The maximum atomic E-state index is 14.6. The number of rotatable bonds is 8. The van der Waals surface area contributed by atoms with Gasteiger partial charge in [-0.25, -0.2) is 14.2 Å². The number of aromatic nitrogens is 3. The first-order valence-electron chi connectivity index (χ1n) is 9.12. The zero-order valence-electron chi connectivity index (χ0n) is 15.8. The first-order chi connectivity index (χ1) is 14.1. The molecule has 0 aliphatic carbocycles. The highest BCUT2D eigenvalue weighted by Crippen LogP contribution is 2.31. The highest BCUT2D eigenvalue weighted by molar-refractivity contribution is 7.14. The van der Waals surface area contributed by atoms with Gasteiger partial charge in [0.15, 0.2) is 5.13 Å². The molecule has 1 amide bonds. The van der Waals surface area contributed by atoms with Gasteiger partial charge >= 0.3 is 6.09 Å². The fraction of sp³-hybridized carbons (Fsp3) is 0.316. The Morgan fingerprint density at radius 1 is 1.41 bits per heavy atom. The van der Waals surface area contributed by atoms with Crippen LogP contribution >= 0.6 is 11.3 Å². The summed E-state index contributed by atoms with van der Waals surface area (Å²) >= 11 is 1.38. The number of aryl methyl sites for hydroxylation is 1. The van der Waals surface area contributed by atoms with Crippen LogP contribution in [0.5, 0.6) is 0 Å². The number of hydrogen-bond acceptors (Lipinski definition) is 7. The summed E-state index contributed by atoms with van der Waals surface area (Å²) in [5.41, 5.74) is 2.19. The maximum absolute atomic E-state index is 14.6. The van der Waals surface area contributed by atoms with Crippen LogP contribution in [-0.4, -0.2) is 47.7 Å². The number of carbonyl (C=O) groups excluding carboxylic acids is 1. The van der Waals surface area contributed by atoms with E-state index in [0.717, 1.165) is 18.7 Å². The van der Waals surface area contributed by atoms with E-state index in [1.807, 2.05) is 10.9 Å². The SMILES string of the molecule is COCCCn1cc(Nc2nc(-c3ccc(N4CCOC4=O)cc3F)cs2)cn1. The van der Waals surface area contributed by atoms with E-state index in [4.69, 9.17) is 9.47 Å².